The van der Waals surface area contributed by atoms with Crippen LogP contribution < -0.4 is 10.9 Å². The molecular weight excluding hydrogens is 346 g/mol. The largest absolute Gasteiger partial charge is 0.379 e. The number of pyridine rings is 1. The number of amides is 1. The molecule has 140 valence electrons. The Morgan fingerprint density at radius 2 is 2.04 bits per heavy atom. The van der Waals surface area contributed by atoms with E-state index in [9.17, 15) is 18.0 Å². The lowest BCUT2D eigenvalue weighted by Gasteiger charge is -2.21. The number of sulfonamides is 1. The number of nitrogens with one attached hydrogen (secondary N) is 2. The average molecular weight is 371 g/mol. The molecule has 1 aliphatic heterocycles. The molecule has 0 radical (unpaired) electrons. The van der Waals surface area contributed by atoms with Gasteiger partial charge < -0.3 is 15.0 Å². The van der Waals surface area contributed by atoms with Gasteiger partial charge in [-0.25, -0.2) is 12.7 Å². The van der Waals surface area contributed by atoms with Crippen LogP contribution in [0.3, 0.4) is 0 Å². The summed E-state index contributed by atoms with van der Waals surface area (Å²) in [5, 5.41) is 2.73. The first-order chi connectivity index (χ1) is 11.6. The van der Waals surface area contributed by atoms with E-state index >= 15 is 0 Å². The van der Waals surface area contributed by atoms with Gasteiger partial charge in [-0.2, -0.15) is 0 Å². The second kappa shape index (κ2) is 7.67. The Morgan fingerprint density at radius 1 is 1.36 bits per heavy atom. The van der Waals surface area contributed by atoms with Gasteiger partial charge in [0.2, 0.25) is 10.0 Å². The number of nitrogens with zero attached hydrogens (tertiary/aromatic N) is 1. The predicted octanol–water partition coefficient (Wildman–Crippen LogP) is 0.135. The number of aromatic nitrogens is 1. The fraction of sp³-hybridized carbons (Fsp3) is 0.625. The van der Waals surface area contributed by atoms with Gasteiger partial charge in [-0.3, -0.25) is 9.59 Å². The van der Waals surface area contributed by atoms with Crippen molar-refractivity contribution in [3.05, 3.63) is 33.7 Å². The molecule has 2 atom stereocenters. The number of rotatable bonds is 6. The summed E-state index contributed by atoms with van der Waals surface area (Å²) in [7, 11) is -0.471. The van der Waals surface area contributed by atoms with Gasteiger partial charge in [0.05, 0.1) is 25.0 Å². The molecule has 2 rings (SSSR count). The molecular formula is C16H25N3O5S. The van der Waals surface area contributed by atoms with Gasteiger partial charge in [0.1, 0.15) is 5.56 Å². The van der Waals surface area contributed by atoms with E-state index in [-0.39, 0.29) is 36.4 Å². The van der Waals surface area contributed by atoms with E-state index in [0.717, 1.165) is 10.00 Å². The summed E-state index contributed by atoms with van der Waals surface area (Å²) in [6, 6.07) is 2.75. The Kier molecular flexibility index (Phi) is 6.02. The van der Waals surface area contributed by atoms with E-state index in [1.165, 1.54) is 20.2 Å². The molecule has 1 aromatic heterocycles. The van der Waals surface area contributed by atoms with Crippen LogP contribution in [0, 0.1) is 5.92 Å². The third-order valence-corrected chi connectivity index (χ3v) is 6.26. The molecule has 2 N–H and O–H groups in total. The van der Waals surface area contributed by atoms with Crippen molar-refractivity contribution in [2.45, 2.75) is 25.8 Å². The van der Waals surface area contributed by atoms with Crippen LogP contribution in [-0.4, -0.2) is 62.7 Å². The molecule has 0 aliphatic carbocycles. The van der Waals surface area contributed by atoms with Crippen molar-refractivity contribution in [3.8, 4) is 0 Å². The Balaban J connectivity index is 2.10. The van der Waals surface area contributed by atoms with Crippen molar-refractivity contribution in [3.63, 3.8) is 0 Å². The summed E-state index contributed by atoms with van der Waals surface area (Å²) >= 11 is 0. The van der Waals surface area contributed by atoms with Crippen molar-refractivity contribution in [2.24, 2.45) is 5.92 Å². The SMILES string of the molecule is CC(C)c1ccc(C(=O)N[C@H]2COC[C@H]2CS(=O)(=O)N(C)C)c(=O)[nH]1. The highest BCUT2D eigenvalue weighted by Gasteiger charge is 2.34. The first-order valence-electron chi connectivity index (χ1n) is 8.14. The van der Waals surface area contributed by atoms with E-state index in [1.54, 1.807) is 6.07 Å². The van der Waals surface area contributed by atoms with Crippen LogP contribution in [0.25, 0.3) is 0 Å². The third-order valence-electron chi connectivity index (χ3n) is 4.29. The van der Waals surface area contributed by atoms with Gasteiger partial charge in [0, 0.05) is 25.7 Å². The Hall–Kier alpha value is -1.71. The van der Waals surface area contributed by atoms with Crippen LogP contribution in [-0.2, 0) is 14.8 Å². The van der Waals surface area contributed by atoms with Crippen LogP contribution in [0.4, 0.5) is 0 Å². The molecule has 0 aromatic carbocycles. The van der Waals surface area contributed by atoms with Crippen molar-refractivity contribution >= 4 is 15.9 Å². The summed E-state index contributed by atoms with van der Waals surface area (Å²) in [5.74, 6) is -0.855. The summed E-state index contributed by atoms with van der Waals surface area (Å²) in [4.78, 5) is 27.2. The van der Waals surface area contributed by atoms with Crippen molar-refractivity contribution < 1.29 is 17.9 Å². The van der Waals surface area contributed by atoms with E-state index in [4.69, 9.17) is 4.74 Å². The number of hydrogen-bond acceptors (Lipinski definition) is 5. The standard InChI is InChI=1S/C16H25N3O5S/c1-10(2)13-6-5-12(15(20)17-13)16(21)18-14-8-24-7-11(14)9-25(22,23)19(3)4/h5-6,10-11,14H,7-9H2,1-4H3,(H,17,20)(H,18,21)/t11-,14-/m0/s1. The highest BCUT2D eigenvalue weighted by molar-refractivity contribution is 7.89. The fourth-order valence-electron chi connectivity index (χ4n) is 2.59. The first-order valence-corrected chi connectivity index (χ1v) is 9.74. The molecule has 1 aromatic rings. The van der Waals surface area contributed by atoms with E-state index in [2.05, 4.69) is 10.3 Å². The number of ether oxygens (including phenoxy) is 1. The molecule has 0 saturated carbocycles. The lowest BCUT2D eigenvalue weighted by atomic mass is 10.1. The monoisotopic (exact) mass is 371 g/mol. The Labute approximate surface area is 147 Å². The molecule has 1 fully saturated rings. The van der Waals surface area contributed by atoms with E-state index in [0.29, 0.717) is 0 Å². The minimum absolute atomic E-state index is 0.00511. The zero-order valence-electron chi connectivity index (χ0n) is 14.9. The quantitative estimate of drug-likeness (QED) is 0.739. The number of carbonyl (C=O) groups excluding carboxylic acids is 1. The number of aromatic amines is 1. The maximum Gasteiger partial charge on any atom is 0.261 e. The molecule has 9 heteroatoms. The third kappa shape index (κ3) is 4.68. The zero-order chi connectivity index (χ0) is 18.8. The summed E-state index contributed by atoms with van der Waals surface area (Å²) in [5.41, 5.74) is 0.297. The molecule has 0 unspecified atom stereocenters. The zero-order valence-corrected chi connectivity index (χ0v) is 15.7. The van der Waals surface area contributed by atoms with E-state index < -0.39 is 27.5 Å². The first kappa shape index (κ1) is 19.6. The summed E-state index contributed by atoms with van der Waals surface area (Å²) in [6.45, 7) is 4.36. The second-order valence-electron chi connectivity index (χ2n) is 6.75. The lowest BCUT2D eigenvalue weighted by molar-refractivity contribution is 0.0924. The van der Waals surface area contributed by atoms with Crippen LogP contribution in [0.15, 0.2) is 16.9 Å². The van der Waals surface area contributed by atoms with E-state index in [1.807, 2.05) is 13.8 Å². The molecule has 25 heavy (non-hydrogen) atoms. The van der Waals surface area contributed by atoms with Crippen molar-refractivity contribution in [1.29, 1.82) is 0 Å². The molecule has 2 heterocycles. The summed E-state index contributed by atoms with van der Waals surface area (Å²) < 4.78 is 30.6. The average Bonchev–Trinajstić information content (AvgIpc) is 2.92. The Bertz CT molecular complexity index is 785. The number of carbonyl (C=O) groups is 1. The molecule has 1 amide bonds. The molecule has 8 nitrogen and oxygen atoms in total. The second-order valence-corrected chi connectivity index (χ2v) is 8.98. The van der Waals surface area contributed by atoms with Crippen LogP contribution in [0.2, 0.25) is 0 Å². The van der Waals surface area contributed by atoms with Crippen LogP contribution in [0.1, 0.15) is 35.8 Å². The maximum atomic E-state index is 12.4. The highest BCUT2D eigenvalue weighted by atomic mass is 32.2. The Morgan fingerprint density at radius 3 is 2.60 bits per heavy atom. The predicted molar refractivity (Wildman–Crippen MR) is 94.2 cm³/mol. The van der Waals surface area contributed by atoms with Gasteiger partial charge >= 0.3 is 0 Å². The normalized spacial score (nSPS) is 21.0. The topological polar surface area (TPSA) is 109 Å². The van der Waals surface area contributed by atoms with Crippen LogP contribution >= 0.6 is 0 Å². The van der Waals surface area contributed by atoms with Gasteiger partial charge in [-0.15, -0.1) is 0 Å². The maximum absolute atomic E-state index is 12.4. The molecule has 1 saturated heterocycles. The summed E-state index contributed by atoms with van der Waals surface area (Å²) in [6.07, 6.45) is 0. The lowest BCUT2D eigenvalue weighted by Crippen LogP contribution is -2.44. The van der Waals surface area contributed by atoms with Gasteiger partial charge in [-0.05, 0) is 18.1 Å². The van der Waals surface area contributed by atoms with Crippen molar-refractivity contribution in [1.82, 2.24) is 14.6 Å². The minimum Gasteiger partial charge on any atom is -0.379 e. The van der Waals surface area contributed by atoms with Gasteiger partial charge in [-0.1, -0.05) is 13.8 Å². The highest BCUT2D eigenvalue weighted by Crippen LogP contribution is 2.18. The smallest absolute Gasteiger partial charge is 0.261 e. The molecule has 1 aliphatic rings. The van der Waals surface area contributed by atoms with Crippen molar-refractivity contribution in [2.75, 3.05) is 33.1 Å². The number of hydrogen-bond donors (Lipinski definition) is 2. The molecule has 0 spiro atoms. The van der Waals surface area contributed by atoms with Gasteiger partial charge in [0.25, 0.3) is 11.5 Å². The number of H-pyrrole nitrogens is 1. The van der Waals surface area contributed by atoms with Gasteiger partial charge in [0.15, 0.2) is 0 Å². The fourth-order valence-corrected chi connectivity index (χ4v) is 3.76. The van der Waals surface area contributed by atoms with Crippen LogP contribution in [0.5, 0.6) is 0 Å². The minimum atomic E-state index is -3.40. The molecule has 0 bridgehead atoms.